The lowest BCUT2D eigenvalue weighted by molar-refractivity contribution is -0.166. The summed E-state index contributed by atoms with van der Waals surface area (Å²) in [4.78, 5) is 26.3. The van der Waals surface area contributed by atoms with Crippen molar-refractivity contribution >= 4 is 11.8 Å². The molecule has 3 rings (SSSR count). The Bertz CT molecular complexity index is 889. The van der Waals surface area contributed by atoms with Crippen LogP contribution in [0.5, 0.6) is 0 Å². The Morgan fingerprint density at radius 3 is 2.57 bits per heavy atom. The Kier molecular flexibility index (Phi) is 5.69. The molecule has 0 spiro atoms. The lowest BCUT2D eigenvalue weighted by atomic mass is 9.90. The molecule has 1 aliphatic heterocycles. The number of piperidine rings is 1. The molecule has 2 aromatic rings. The van der Waals surface area contributed by atoms with Crippen molar-refractivity contribution in [1.82, 2.24) is 10.2 Å². The zero-order valence-corrected chi connectivity index (χ0v) is 14.9. The minimum Gasteiger partial charge on any atom is -0.372 e. The summed E-state index contributed by atoms with van der Waals surface area (Å²) in [5.74, 6) is -4.26. The molecule has 8 heteroatoms. The van der Waals surface area contributed by atoms with Crippen molar-refractivity contribution in [3.05, 3.63) is 71.0 Å². The quantitative estimate of drug-likeness (QED) is 0.767. The topological polar surface area (TPSA) is 69.6 Å². The summed E-state index contributed by atoms with van der Waals surface area (Å²) in [6, 6.07) is 9.05. The number of carbonyl (C=O) groups excluding carboxylic acids is 2. The summed E-state index contributed by atoms with van der Waals surface area (Å²) < 4.78 is 40.2. The normalized spacial score (nSPS) is 19.6. The average Bonchev–Trinajstić information content (AvgIpc) is 2.68. The smallest absolute Gasteiger partial charge is 0.264 e. The van der Waals surface area contributed by atoms with Crippen LogP contribution in [-0.4, -0.2) is 34.0 Å². The van der Waals surface area contributed by atoms with Gasteiger partial charge in [-0.3, -0.25) is 9.59 Å². The third-order valence-corrected chi connectivity index (χ3v) is 4.74. The molecule has 1 saturated heterocycles. The maximum absolute atomic E-state index is 13.9. The molecular formula is C20H19F3N2O3. The van der Waals surface area contributed by atoms with Crippen LogP contribution in [0.1, 0.15) is 24.0 Å². The molecule has 1 atom stereocenters. The van der Waals surface area contributed by atoms with Gasteiger partial charge in [0.2, 0.25) is 5.60 Å². The fourth-order valence-corrected chi connectivity index (χ4v) is 3.16. The van der Waals surface area contributed by atoms with E-state index in [1.54, 1.807) is 0 Å². The second-order valence-electron chi connectivity index (χ2n) is 6.71. The highest BCUT2D eigenvalue weighted by molar-refractivity contribution is 6.08. The van der Waals surface area contributed by atoms with Gasteiger partial charge in [-0.05, 0) is 36.6 Å². The third-order valence-electron chi connectivity index (χ3n) is 4.74. The van der Waals surface area contributed by atoms with Crippen molar-refractivity contribution in [3.63, 3.8) is 0 Å². The SMILES string of the molecule is O=C(NCc1ccc(F)cc1)[C@]1(O)CCCN(Cc2cccc(F)c2F)C1=O. The molecule has 0 saturated carbocycles. The Morgan fingerprint density at radius 2 is 1.86 bits per heavy atom. The van der Waals surface area contributed by atoms with Crippen molar-refractivity contribution in [3.8, 4) is 0 Å². The zero-order valence-electron chi connectivity index (χ0n) is 14.9. The van der Waals surface area contributed by atoms with Gasteiger partial charge in [-0.15, -0.1) is 0 Å². The largest absolute Gasteiger partial charge is 0.372 e. The molecule has 0 unspecified atom stereocenters. The van der Waals surface area contributed by atoms with E-state index in [0.717, 1.165) is 11.0 Å². The van der Waals surface area contributed by atoms with E-state index in [4.69, 9.17) is 0 Å². The van der Waals surface area contributed by atoms with E-state index in [1.165, 1.54) is 36.4 Å². The van der Waals surface area contributed by atoms with Crippen LogP contribution < -0.4 is 5.32 Å². The fourth-order valence-electron chi connectivity index (χ4n) is 3.16. The number of nitrogens with zero attached hydrogens (tertiary/aromatic N) is 1. The van der Waals surface area contributed by atoms with E-state index >= 15 is 0 Å². The lowest BCUT2D eigenvalue weighted by Gasteiger charge is -2.37. The molecule has 2 N–H and O–H groups in total. The maximum atomic E-state index is 13.9. The predicted molar refractivity (Wildman–Crippen MR) is 94.2 cm³/mol. The van der Waals surface area contributed by atoms with Gasteiger partial charge < -0.3 is 15.3 Å². The summed E-state index contributed by atoms with van der Waals surface area (Å²) in [7, 11) is 0. The number of rotatable bonds is 5. The van der Waals surface area contributed by atoms with Gasteiger partial charge in [0.05, 0.1) is 0 Å². The minimum absolute atomic E-state index is 0.00717. The van der Waals surface area contributed by atoms with E-state index < -0.39 is 34.9 Å². The highest BCUT2D eigenvalue weighted by Crippen LogP contribution is 2.25. The molecular weight excluding hydrogens is 373 g/mol. The maximum Gasteiger partial charge on any atom is 0.264 e. The second kappa shape index (κ2) is 8.02. The molecule has 1 aliphatic rings. The average molecular weight is 392 g/mol. The van der Waals surface area contributed by atoms with Crippen molar-refractivity contribution in [2.45, 2.75) is 31.5 Å². The molecule has 0 aromatic heterocycles. The molecule has 1 heterocycles. The Labute approximate surface area is 159 Å². The number of nitrogens with one attached hydrogen (secondary N) is 1. The van der Waals surface area contributed by atoms with Gasteiger partial charge in [-0.25, -0.2) is 13.2 Å². The molecule has 1 fully saturated rings. The minimum atomic E-state index is -2.29. The molecule has 148 valence electrons. The lowest BCUT2D eigenvalue weighted by Crippen LogP contribution is -2.60. The van der Waals surface area contributed by atoms with Gasteiger partial charge in [0.15, 0.2) is 11.6 Å². The molecule has 0 bridgehead atoms. The first-order valence-electron chi connectivity index (χ1n) is 8.78. The predicted octanol–water partition coefficient (Wildman–Crippen LogP) is 2.27. The summed E-state index contributed by atoms with van der Waals surface area (Å²) >= 11 is 0. The second-order valence-corrected chi connectivity index (χ2v) is 6.71. The standard InChI is InChI=1S/C20H19F3N2O3/c21-15-7-5-13(6-8-15)11-24-18(26)20(28)9-2-10-25(19(20)27)12-14-3-1-4-16(22)17(14)23/h1,3-8,28H,2,9-12H2,(H,24,26)/t20-/m1/s1. The van der Waals surface area contributed by atoms with Crippen molar-refractivity contribution in [2.75, 3.05) is 6.54 Å². The number of benzene rings is 2. The summed E-state index contributed by atoms with van der Waals surface area (Å²) in [5.41, 5.74) is -1.73. The van der Waals surface area contributed by atoms with E-state index in [2.05, 4.69) is 5.32 Å². The number of hydrogen-bond acceptors (Lipinski definition) is 3. The molecule has 2 aromatic carbocycles. The van der Waals surface area contributed by atoms with Crippen LogP contribution in [0.2, 0.25) is 0 Å². The van der Waals surface area contributed by atoms with E-state index in [1.807, 2.05) is 0 Å². The van der Waals surface area contributed by atoms with Crippen LogP contribution in [0.3, 0.4) is 0 Å². The highest BCUT2D eigenvalue weighted by Gasteiger charge is 2.48. The van der Waals surface area contributed by atoms with Gasteiger partial charge >= 0.3 is 0 Å². The van der Waals surface area contributed by atoms with Crippen LogP contribution >= 0.6 is 0 Å². The van der Waals surface area contributed by atoms with Gasteiger partial charge in [-0.1, -0.05) is 24.3 Å². The molecule has 5 nitrogen and oxygen atoms in total. The Hall–Kier alpha value is -2.87. The van der Waals surface area contributed by atoms with Crippen LogP contribution in [0, 0.1) is 17.5 Å². The fraction of sp³-hybridized carbons (Fsp3) is 0.300. The van der Waals surface area contributed by atoms with E-state index in [9.17, 15) is 27.9 Å². The number of hydrogen-bond donors (Lipinski definition) is 2. The first-order valence-corrected chi connectivity index (χ1v) is 8.78. The Balaban J connectivity index is 1.69. The zero-order chi connectivity index (χ0) is 20.3. The molecule has 0 radical (unpaired) electrons. The van der Waals surface area contributed by atoms with Crippen molar-refractivity contribution < 1.29 is 27.9 Å². The molecule has 0 aliphatic carbocycles. The Morgan fingerprint density at radius 1 is 1.14 bits per heavy atom. The van der Waals surface area contributed by atoms with Crippen molar-refractivity contribution in [1.29, 1.82) is 0 Å². The first kappa shape index (κ1) is 19.9. The van der Waals surface area contributed by atoms with Gasteiger partial charge in [0.1, 0.15) is 5.82 Å². The number of halogens is 3. The first-order chi connectivity index (χ1) is 13.3. The van der Waals surface area contributed by atoms with Crippen LogP contribution in [0.15, 0.2) is 42.5 Å². The molecule has 28 heavy (non-hydrogen) atoms. The van der Waals surface area contributed by atoms with E-state index in [0.29, 0.717) is 12.0 Å². The monoisotopic (exact) mass is 392 g/mol. The van der Waals surface area contributed by atoms with Crippen molar-refractivity contribution in [2.24, 2.45) is 0 Å². The summed E-state index contributed by atoms with van der Waals surface area (Å²) in [6.07, 6.45) is 0.242. The van der Waals surface area contributed by atoms with Crippen LogP contribution in [0.4, 0.5) is 13.2 Å². The number of aliphatic hydroxyl groups is 1. The van der Waals surface area contributed by atoms with Gasteiger partial charge in [-0.2, -0.15) is 0 Å². The van der Waals surface area contributed by atoms with Gasteiger partial charge in [0.25, 0.3) is 11.8 Å². The third kappa shape index (κ3) is 4.01. The van der Waals surface area contributed by atoms with Crippen LogP contribution in [0.25, 0.3) is 0 Å². The number of amides is 2. The van der Waals surface area contributed by atoms with E-state index in [-0.39, 0.29) is 31.6 Å². The molecule has 2 amide bonds. The highest BCUT2D eigenvalue weighted by atomic mass is 19.2. The number of likely N-dealkylation sites (tertiary alicyclic amines) is 1. The number of carbonyl (C=O) groups is 2. The summed E-state index contributed by atoms with van der Waals surface area (Å²) in [6.45, 7) is -0.0362. The summed E-state index contributed by atoms with van der Waals surface area (Å²) in [5, 5.41) is 13.1. The van der Waals surface area contributed by atoms with Crippen LogP contribution in [-0.2, 0) is 22.7 Å². The van der Waals surface area contributed by atoms with Gasteiger partial charge in [0, 0.05) is 25.2 Å².